The maximum absolute atomic E-state index is 11.6. The van der Waals surface area contributed by atoms with Crippen molar-refractivity contribution in [2.75, 3.05) is 38.1 Å². The van der Waals surface area contributed by atoms with E-state index >= 15 is 0 Å². The topological polar surface area (TPSA) is 80.3 Å². The van der Waals surface area contributed by atoms with Crippen molar-refractivity contribution in [2.24, 2.45) is 5.73 Å². The number of fused-ring (bicyclic) bond motifs is 1. The normalized spacial score (nSPS) is 15.0. The summed E-state index contributed by atoms with van der Waals surface area (Å²) in [7, 11) is 2.15. The van der Waals surface area contributed by atoms with E-state index in [2.05, 4.69) is 51.1 Å². The molecule has 4 aromatic rings. The Morgan fingerprint density at radius 1 is 1.03 bits per heavy atom. The van der Waals surface area contributed by atoms with Gasteiger partial charge in [0.25, 0.3) is 5.91 Å². The molecule has 2 N–H and O–H groups in total. The van der Waals surface area contributed by atoms with Gasteiger partial charge in [0.15, 0.2) is 0 Å². The second-order valence-electron chi connectivity index (χ2n) is 7.97. The highest BCUT2D eigenvalue weighted by atomic mass is 32.1. The summed E-state index contributed by atoms with van der Waals surface area (Å²) in [5, 5.41) is 0.933. The van der Waals surface area contributed by atoms with Crippen molar-refractivity contribution in [3.63, 3.8) is 0 Å². The number of aryl methyl sites for hydroxylation is 1. The highest BCUT2D eigenvalue weighted by molar-refractivity contribution is 7.16. The molecule has 1 aliphatic rings. The van der Waals surface area contributed by atoms with Crippen LogP contribution in [0.3, 0.4) is 0 Å². The van der Waals surface area contributed by atoms with Gasteiger partial charge in [0, 0.05) is 32.4 Å². The number of piperazine rings is 1. The third-order valence-electron chi connectivity index (χ3n) is 5.82. The lowest BCUT2D eigenvalue weighted by atomic mass is 10.1. The Labute approximate surface area is 184 Å². The summed E-state index contributed by atoms with van der Waals surface area (Å²) in [5.74, 6) is 0.624. The van der Waals surface area contributed by atoms with Crippen molar-refractivity contribution in [2.45, 2.75) is 6.92 Å². The zero-order chi connectivity index (χ0) is 21.5. The minimum Gasteiger partial charge on any atom is -0.365 e. The van der Waals surface area contributed by atoms with Crippen LogP contribution in [0.25, 0.3) is 27.2 Å². The van der Waals surface area contributed by atoms with Crippen LogP contribution < -0.4 is 10.6 Å². The Kier molecular flexibility index (Phi) is 4.95. The zero-order valence-corrected chi connectivity index (χ0v) is 18.4. The Hall–Kier alpha value is -3.23. The summed E-state index contributed by atoms with van der Waals surface area (Å²) in [6.45, 7) is 5.98. The number of nitrogens with two attached hydrogens (primary N) is 1. The third kappa shape index (κ3) is 3.68. The van der Waals surface area contributed by atoms with E-state index in [9.17, 15) is 4.79 Å². The van der Waals surface area contributed by atoms with Gasteiger partial charge in [-0.2, -0.15) is 0 Å². The third-order valence-corrected chi connectivity index (χ3v) is 7.07. The molecule has 0 atom stereocenters. The summed E-state index contributed by atoms with van der Waals surface area (Å²) >= 11 is 1.39. The van der Waals surface area contributed by atoms with E-state index in [1.54, 1.807) is 6.33 Å². The highest BCUT2D eigenvalue weighted by Gasteiger charge is 2.17. The van der Waals surface area contributed by atoms with Crippen molar-refractivity contribution < 1.29 is 4.79 Å². The van der Waals surface area contributed by atoms with Crippen LogP contribution in [0.15, 0.2) is 48.9 Å². The van der Waals surface area contributed by atoms with Crippen LogP contribution in [0.1, 0.15) is 15.2 Å². The molecule has 4 heterocycles. The van der Waals surface area contributed by atoms with Gasteiger partial charge in [-0.3, -0.25) is 9.36 Å². The molecule has 1 saturated heterocycles. The largest absolute Gasteiger partial charge is 0.365 e. The number of rotatable bonds is 4. The number of aromatic nitrogens is 3. The molecule has 5 rings (SSSR count). The SMILES string of the molecule is Cc1cc(-n2cnc3cc(-c4ccnc(N5CCN(C)CC5)c4)ccc32)sc1C(N)=O. The summed E-state index contributed by atoms with van der Waals surface area (Å²) in [6.07, 6.45) is 3.68. The first-order valence-electron chi connectivity index (χ1n) is 10.3. The number of hydrogen-bond donors (Lipinski definition) is 1. The quantitative estimate of drug-likeness (QED) is 0.535. The average Bonchev–Trinajstić information content (AvgIpc) is 3.37. The first-order chi connectivity index (χ1) is 15.0. The summed E-state index contributed by atoms with van der Waals surface area (Å²) in [5.41, 5.74) is 10.5. The van der Waals surface area contributed by atoms with E-state index in [1.165, 1.54) is 11.3 Å². The molecule has 31 heavy (non-hydrogen) atoms. The first-order valence-corrected chi connectivity index (χ1v) is 11.1. The van der Waals surface area contributed by atoms with Crippen LogP contribution in [0.4, 0.5) is 5.82 Å². The van der Waals surface area contributed by atoms with Crippen LogP contribution >= 0.6 is 11.3 Å². The maximum Gasteiger partial charge on any atom is 0.259 e. The molecule has 0 unspecified atom stereocenters. The molecule has 0 radical (unpaired) electrons. The van der Waals surface area contributed by atoms with Gasteiger partial charge < -0.3 is 15.5 Å². The molecule has 3 aromatic heterocycles. The van der Waals surface area contributed by atoms with Gasteiger partial charge in [0.1, 0.15) is 17.1 Å². The summed E-state index contributed by atoms with van der Waals surface area (Å²) < 4.78 is 2.01. The van der Waals surface area contributed by atoms with Crippen LogP contribution in [0, 0.1) is 6.92 Å². The Balaban J connectivity index is 1.47. The summed E-state index contributed by atoms with van der Waals surface area (Å²) in [6, 6.07) is 12.5. The molecule has 0 bridgehead atoms. The first kappa shape index (κ1) is 19.7. The molecule has 1 aromatic carbocycles. The fourth-order valence-corrected chi connectivity index (χ4v) is 5.01. The number of carbonyl (C=O) groups excluding carboxylic acids is 1. The number of anilines is 1. The Bertz CT molecular complexity index is 1270. The van der Waals surface area contributed by atoms with Gasteiger partial charge in [0.05, 0.1) is 15.9 Å². The van der Waals surface area contributed by atoms with Gasteiger partial charge in [-0.25, -0.2) is 9.97 Å². The predicted octanol–water partition coefficient (Wildman–Crippen LogP) is 3.31. The summed E-state index contributed by atoms with van der Waals surface area (Å²) in [4.78, 5) is 26.1. The molecule has 7 nitrogen and oxygen atoms in total. The fraction of sp³-hybridized carbons (Fsp3) is 0.261. The second kappa shape index (κ2) is 7.79. The van der Waals surface area contributed by atoms with Gasteiger partial charge in [-0.1, -0.05) is 6.07 Å². The molecular formula is C23H24N6OS. The molecule has 1 amide bonds. The minimum absolute atomic E-state index is 0.394. The number of nitrogens with zero attached hydrogens (tertiary/aromatic N) is 5. The molecule has 0 saturated carbocycles. The number of imidazole rings is 1. The van der Waals surface area contributed by atoms with Crippen LogP contribution in [-0.4, -0.2) is 58.6 Å². The van der Waals surface area contributed by atoms with Crippen LogP contribution in [0.2, 0.25) is 0 Å². The van der Waals surface area contributed by atoms with Crippen molar-refractivity contribution in [1.29, 1.82) is 0 Å². The molecule has 1 aliphatic heterocycles. The smallest absolute Gasteiger partial charge is 0.259 e. The van der Waals surface area contributed by atoms with Crippen molar-refractivity contribution in [3.8, 4) is 16.1 Å². The average molecular weight is 433 g/mol. The van der Waals surface area contributed by atoms with Crippen molar-refractivity contribution >= 4 is 34.1 Å². The Morgan fingerprint density at radius 2 is 1.81 bits per heavy atom. The lowest BCUT2D eigenvalue weighted by Crippen LogP contribution is -2.44. The number of pyridine rings is 1. The molecule has 1 fully saturated rings. The van der Waals surface area contributed by atoms with Crippen molar-refractivity contribution in [3.05, 3.63) is 59.4 Å². The van der Waals surface area contributed by atoms with Gasteiger partial charge in [-0.15, -0.1) is 11.3 Å². The number of hydrogen-bond acceptors (Lipinski definition) is 6. The van der Waals surface area contributed by atoms with E-state index in [0.29, 0.717) is 4.88 Å². The van der Waals surface area contributed by atoms with E-state index in [0.717, 1.165) is 64.7 Å². The zero-order valence-electron chi connectivity index (χ0n) is 17.6. The lowest BCUT2D eigenvalue weighted by Gasteiger charge is -2.33. The monoisotopic (exact) mass is 432 g/mol. The van der Waals surface area contributed by atoms with E-state index in [4.69, 9.17) is 5.73 Å². The van der Waals surface area contributed by atoms with E-state index in [1.807, 2.05) is 29.8 Å². The van der Waals surface area contributed by atoms with Crippen LogP contribution in [-0.2, 0) is 0 Å². The predicted molar refractivity (Wildman–Crippen MR) is 125 cm³/mol. The number of primary amides is 1. The molecule has 158 valence electrons. The molecule has 0 aliphatic carbocycles. The van der Waals surface area contributed by atoms with Crippen molar-refractivity contribution in [1.82, 2.24) is 19.4 Å². The minimum atomic E-state index is -0.394. The number of likely N-dealkylation sites (N-methyl/N-ethyl adjacent to an activating group) is 1. The van der Waals surface area contributed by atoms with Crippen LogP contribution in [0.5, 0.6) is 0 Å². The molecular weight excluding hydrogens is 408 g/mol. The lowest BCUT2D eigenvalue weighted by molar-refractivity contribution is 0.100. The second-order valence-corrected chi connectivity index (χ2v) is 9.00. The maximum atomic E-state index is 11.6. The standard InChI is InChI=1S/C23H24N6OS/c1-15-11-21(31-22(15)23(24)30)29-14-26-18-12-16(3-4-19(18)29)17-5-6-25-20(13-17)28-9-7-27(2)8-10-28/h3-6,11-14H,7-10H2,1-2H3,(H2,24,30). The number of amides is 1. The highest BCUT2D eigenvalue weighted by Crippen LogP contribution is 2.30. The number of thiophene rings is 1. The van der Waals surface area contributed by atoms with Gasteiger partial charge in [-0.05, 0) is 61.0 Å². The molecule has 0 spiro atoms. The van der Waals surface area contributed by atoms with Gasteiger partial charge >= 0.3 is 0 Å². The number of carbonyl (C=O) groups is 1. The Morgan fingerprint density at radius 3 is 2.55 bits per heavy atom. The van der Waals surface area contributed by atoms with E-state index in [-0.39, 0.29) is 0 Å². The fourth-order valence-electron chi connectivity index (χ4n) is 4.00. The number of benzene rings is 1. The van der Waals surface area contributed by atoms with E-state index < -0.39 is 5.91 Å². The van der Waals surface area contributed by atoms with Gasteiger partial charge in [0.2, 0.25) is 0 Å². The molecule has 8 heteroatoms.